The lowest BCUT2D eigenvalue weighted by molar-refractivity contribution is 0.0762. The number of amides is 3. The van der Waals surface area contributed by atoms with E-state index < -0.39 is 0 Å². The van der Waals surface area contributed by atoms with Crippen molar-refractivity contribution >= 4 is 23.5 Å². The number of carbonyl (C=O) groups is 2. The predicted molar refractivity (Wildman–Crippen MR) is 102 cm³/mol. The Kier molecular flexibility index (Phi) is 6.12. The average Bonchev–Trinajstić information content (AvgIpc) is 2.93. The van der Waals surface area contributed by atoms with Gasteiger partial charge in [0.2, 0.25) is 0 Å². The number of benzene rings is 2. The van der Waals surface area contributed by atoms with Crippen molar-refractivity contribution in [2.24, 2.45) is 0 Å². The molecule has 0 aromatic heterocycles. The molecule has 26 heavy (non-hydrogen) atoms. The number of halogens is 1. The molecule has 3 rings (SSSR count). The fourth-order valence-electron chi connectivity index (χ4n) is 3.01. The van der Waals surface area contributed by atoms with Gasteiger partial charge in [0.25, 0.3) is 5.91 Å². The second kappa shape index (κ2) is 8.72. The van der Waals surface area contributed by atoms with E-state index in [1.165, 1.54) is 0 Å². The van der Waals surface area contributed by atoms with Crippen molar-refractivity contribution in [2.75, 3.05) is 26.2 Å². The van der Waals surface area contributed by atoms with Crippen molar-refractivity contribution in [2.45, 2.75) is 13.0 Å². The Labute approximate surface area is 158 Å². The number of rotatable bonds is 3. The molecule has 1 aliphatic heterocycles. The third kappa shape index (κ3) is 4.55. The van der Waals surface area contributed by atoms with E-state index in [4.69, 9.17) is 11.6 Å². The van der Waals surface area contributed by atoms with Gasteiger partial charge in [0.05, 0.1) is 10.6 Å². The molecule has 1 aliphatic rings. The summed E-state index contributed by atoms with van der Waals surface area (Å²) < 4.78 is 0. The van der Waals surface area contributed by atoms with Crippen molar-refractivity contribution in [3.8, 4) is 0 Å². The van der Waals surface area contributed by atoms with E-state index in [2.05, 4.69) is 5.32 Å². The molecule has 136 valence electrons. The number of urea groups is 1. The summed E-state index contributed by atoms with van der Waals surface area (Å²) >= 11 is 6.14. The summed E-state index contributed by atoms with van der Waals surface area (Å²) in [5, 5.41) is 3.40. The van der Waals surface area contributed by atoms with Crippen molar-refractivity contribution in [3.63, 3.8) is 0 Å². The van der Waals surface area contributed by atoms with Gasteiger partial charge in [-0.1, -0.05) is 54.1 Å². The molecule has 3 amide bonds. The van der Waals surface area contributed by atoms with E-state index in [1.807, 2.05) is 30.3 Å². The van der Waals surface area contributed by atoms with Crippen molar-refractivity contribution < 1.29 is 9.59 Å². The highest BCUT2D eigenvalue weighted by Gasteiger charge is 2.23. The molecule has 0 bridgehead atoms. The molecule has 2 aromatic rings. The molecular formula is C20H22ClN3O2. The Morgan fingerprint density at radius 3 is 2.31 bits per heavy atom. The first-order chi connectivity index (χ1) is 12.6. The smallest absolute Gasteiger partial charge is 0.317 e. The van der Waals surface area contributed by atoms with Crippen LogP contribution in [0.15, 0.2) is 54.6 Å². The van der Waals surface area contributed by atoms with E-state index in [0.29, 0.717) is 43.3 Å². The summed E-state index contributed by atoms with van der Waals surface area (Å²) in [6.07, 6.45) is 0.745. The van der Waals surface area contributed by atoms with Gasteiger partial charge in [0.15, 0.2) is 0 Å². The molecule has 0 atom stereocenters. The van der Waals surface area contributed by atoms with E-state index in [-0.39, 0.29) is 11.9 Å². The molecule has 0 radical (unpaired) electrons. The molecule has 1 heterocycles. The first kappa shape index (κ1) is 18.3. The lowest BCUT2D eigenvalue weighted by Gasteiger charge is -2.23. The van der Waals surface area contributed by atoms with Crippen LogP contribution in [-0.4, -0.2) is 47.9 Å². The van der Waals surface area contributed by atoms with E-state index in [1.54, 1.807) is 34.1 Å². The zero-order chi connectivity index (χ0) is 18.4. The van der Waals surface area contributed by atoms with Gasteiger partial charge in [-0.25, -0.2) is 4.79 Å². The molecule has 0 spiro atoms. The van der Waals surface area contributed by atoms with Crippen LogP contribution in [0.5, 0.6) is 0 Å². The van der Waals surface area contributed by atoms with Gasteiger partial charge in [-0.05, 0) is 24.1 Å². The summed E-state index contributed by atoms with van der Waals surface area (Å²) in [6.45, 7) is 2.76. The van der Waals surface area contributed by atoms with Crippen LogP contribution in [0.1, 0.15) is 22.3 Å². The fraction of sp³-hybridized carbons (Fsp3) is 0.300. The molecule has 0 unspecified atom stereocenters. The highest BCUT2D eigenvalue weighted by Crippen LogP contribution is 2.18. The minimum Gasteiger partial charge on any atom is -0.337 e. The second-order valence-electron chi connectivity index (χ2n) is 6.26. The fourth-order valence-corrected chi connectivity index (χ4v) is 3.23. The van der Waals surface area contributed by atoms with Crippen LogP contribution in [0.4, 0.5) is 4.79 Å². The Hall–Kier alpha value is -2.53. The maximum Gasteiger partial charge on any atom is 0.317 e. The van der Waals surface area contributed by atoms with Gasteiger partial charge in [0, 0.05) is 32.7 Å². The normalized spacial score (nSPS) is 14.7. The highest BCUT2D eigenvalue weighted by atomic mass is 35.5. The van der Waals surface area contributed by atoms with Crippen molar-refractivity contribution in [1.29, 1.82) is 0 Å². The monoisotopic (exact) mass is 371 g/mol. The molecule has 1 N–H and O–H groups in total. The van der Waals surface area contributed by atoms with Crippen LogP contribution in [0.2, 0.25) is 5.02 Å². The molecular weight excluding hydrogens is 350 g/mol. The zero-order valence-corrected chi connectivity index (χ0v) is 15.3. The number of nitrogens with one attached hydrogen (secondary N) is 1. The summed E-state index contributed by atoms with van der Waals surface area (Å²) in [7, 11) is 0. The third-order valence-electron chi connectivity index (χ3n) is 4.46. The number of nitrogens with zero attached hydrogens (tertiary/aromatic N) is 2. The maximum absolute atomic E-state index is 12.7. The third-order valence-corrected chi connectivity index (χ3v) is 4.79. The first-order valence-corrected chi connectivity index (χ1v) is 9.13. The van der Waals surface area contributed by atoms with Gasteiger partial charge < -0.3 is 15.1 Å². The predicted octanol–water partition coefficient (Wildman–Crippen LogP) is 3.40. The Morgan fingerprint density at radius 2 is 1.54 bits per heavy atom. The molecule has 1 saturated heterocycles. The van der Waals surface area contributed by atoms with E-state index in [9.17, 15) is 9.59 Å². The Balaban J connectivity index is 1.55. The molecule has 5 nitrogen and oxygen atoms in total. The van der Waals surface area contributed by atoms with Crippen LogP contribution in [0.3, 0.4) is 0 Å². The summed E-state index contributed by atoms with van der Waals surface area (Å²) in [5.41, 5.74) is 1.57. The summed E-state index contributed by atoms with van der Waals surface area (Å²) in [6, 6.07) is 16.8. The second-order valence-corrected chi connectivity index (χ2v) is 6.66. The summed E-state index contributed by atoms with van der Waals surface area (Å²) in [4.78, 5) is 28.6. The SMILES string of the molecule is O=C(NCc1ccccc1)N1CCCN(C(=O)c2ccccc2Cl)CC1. The lowest BCUT2D eigenvalue weighted by Crippen LogP contribution is -2.42. The van der Waals surface area contributed by atoms with Crippen LogP contribution in [0.25, 0.3) is 0 Å². The van der Waals surface area contributed by atoms with Crippen LogP contribution >= 0.6 is 11.6 Å². The quantitative estimate of drug-likeness (QED) is 0.899. The van der Waals surface area contributed by atoms with Gasteiger partial charge in [-0.3, -0.25) is 4.79 Å². The van der Waals surface area contributed by atoms with Gasteiger partial charge in [-0.15, -0.1) is 0 Å². The highest BCUT2D eigenvalue weighted by molar-refractivity contribution is 6.33. The van der Waals surface area contributed by atoms with Crippen LogP contribution in [-0.2, 0) is 6.54 Å². The van der Waals surface area contributed by atoms with Gasteiger partial charge in [-0.2, -0.15) is 0 Å². The molecule has 0 aliphatic carbocycles. The van der Waals surface area contributed by atoms with E-state index >= 15 is 0 Å². The molecule has 1 fully saturated rings. The number of hydrogen-bond donors (Lipinski definition) is 1. The molecule has 0 saturated carbocycles. The number of hydrogen-bond acceptors (Lipinski definition) is 2. The largest absolute Gasteiger partial charge is 0.337 e. The molecule has 6 heteroatoms. The minimum absolute atomic E-state index is 0.0813. The average molecular weight is 372 g/mol. The first-order valence-electron chi connectivity index (χ1n) is 8.75. The summed E-state index contributed by atoms with van der Waals surface area (Å²) in [5.74, 6) is -0.0813. The Morgan fingerprint density at radius 1 is 0.885 bits per heavy atom. The van der Waals surface area contributed by atoms with Crippen molar-refractivity contribution in [1.82, 2.24) is 15.1 Å². The van der Waals surface area contributed by atoms with E-state index in [0.717, 1.165) is 12.0 Å². The van der Waals surface area contributed by atoms with Gasteiger partial charge in [0.1, 0.15) is 0 Å². The Bertz CT molecular complexity index is 767. The van der Waals surface area contributed by atoms with Crippen molar-refractivity contribution in [3.05, 3.63) is 70.7 Å². The van der Waals surface area contributed by atoms with Crippen LogP contribution in [0, 0.1) is 0 Å². The number of carbonyl (C=O) groups excluding carboxylic acids is 2. The molecule has 2 aromatic carbocycles. The topological polar surface area (TPSA) is 52.7 Å². The zero-order valence-electron chi connectivity index (χ0n) is 14.5. The lowest BCUT2D eigenvalue weighted by atomic mass is 10.2. The maximum atomic E-state index is 12.7. The van der Waals surface area contributed by atoms with Crippen LogP contribution < -0.4 is 5.32 Å². The minimum atomic E-state index is -0.0964. The standard InChI is InChI=1S/C20H22ClN3O2/c21-18-10-5-4-9-17(18)19(25)23-11-6-12-24(14-13-23)20(26)22-15-16-7-2-1-3-8-16/h1-5,7-10H,6,11-15H2,(H,22,26). The van der Waals surface area contributed by atoms with Gasteiger partial charge >= 0.3 is 6.03 Å².